The number of rotatable bonds is 7. The van der Waals surface area contributed by atoms with Crippen LogP contribution in [0.1, 0.15) is 78.8 Å². The van der Waals surface area contributed by atoms with E-state index in [1.807, 2.05) is 72.5 Å². The van der Waals surface area contributed by atoms with Crippen LogP contribution in [0, 0.1) is 12.3 Å². The molecule has 6 nitrogen and oxygen atoms in total. The number of anilines is 1. The average Bonchev–Trinajstić information content (AvgIpc) is 3.41. The molecule has 1 atom stereocenters. The van der Waals surface area contributed by atoms with Crippen LogP contribution in [-0.4, -0.2) is 42.9 Å². The normalized spacial score (nSPS) is 17.2. The first kappa shape index (κ1) is 26.9. The Morgan fingerprint density at radius 1 is 0.923 bits per heavy atom. The third kappa shape index (κ3) is 6.00. The van der Waals surface area contributed by atoms with Crippen LogP contribution in [0.3, 0.4) is 0 Å². The van der Waals surface area contributed by atoms with Crippen LogP contribution in [0.2, 0.25) is 0 Å². The molecule has 1 spiro atoms. The number of carbonyl (C=O) groups excluding carboxylic acids is 3. The van der Waals surface area contributed by atoms with E-state index < -0.39 is 0 Å². The number of ether oxygens (including phenoxy) is 1. The second-order valence-corrected chi connectivity index (χ2v) is 11.3. The number of esters is 1. The fourth-order valence-electron chi connectivity index (χ4n) is 6.53. The predicted octanol–water partition coefficient (Wildman–Crippen LogP) is 6.62. The molecule has 0 aromatic heterocycles. The van der Waals surface area contributed by atoms with Gasteiger partial charge in [0.25, 0.3) is 5.91 Å². The van der Waals surface area contributed by atoms with Crippen LogP contribution in [0.4, 0.5) is 5.69 Å². The number of likely N-dealkylation sites (tertiary alicyclic amines) is 1. The summed E-state index contributed by atoms with van der Waals surface area (Å²) in [7, 11) is 1.36. The lowest BCUT2D eigenvalue weighted by Gasteiger charge is -2.39. The van der Waals surface area contributed by atoms with Gasteiger partial charge < -0.3 is 15.0 Å². The van der Waals surface area contributed by atoms with Crippen LogP contribution >= 0.6 is 0 Å². The van der Waals surface area contributed by atoms with Gasteiger partial charge in [0, 0.05) is 25.4 Å². The number of nitrogens with one attached hydrogen (secondary N) is 1. The minimum Gasteiger partial charge on any atom is -0.469 e. The van der Waals surface area contributed by atoms with Gasteiger partial charge in [0.1, 0.15) is 0 Å². The van der Waals surface area contributed by atoms with Gasteiger partial charge in [0.05, 0.1) is 24.8 Å². The highest BCUT2D eigenvalue weighted by atomic mass is 16.5. The Bertz CT molecular complexity index is 1360. The van der Waals surface area contributed by atoms with Crippen LogP contribution in [0.25, 0.3) is 10.8 Å². The Kier molecular flexibility index (Phi) is 8.01. The molecule has 2 amide bonds. The van der Waals surface area contributed by atoms with Crippen LogP contribution in [0.5, 0.6) is 0 Å². The van der Waals surface area contributed by atoms with Crippen molar-refractivity contribution in [1.29, 1.82) is 0 Å². The molecule has 1 aliphatic heterocycles. The number of benzene rings is 3. The summed E-state index contributed by atoms with van der Waals surface area (Å²) in [6.45, 7) is 3.49. The Labute approximate surface area is 230 Å². The SMILES string of the molecule is COC(=O)CC(CC(=O)Nc1ccc(C)cc1C(=O)N1CCC2(CCCC2)CC1)c1cccc2ccccc12. The maximum absolute atomic E-state index is 13.6. The number of amides is 2. The van der Waals surface area contributed by atoms with E-state index in [0.717, 1.165) is 47.8 Å². The number of methoxy groups -OCH3 is 1. The summed E-state index contributed by atoms with van der Waals surface area (Å²) in [4.78, 5) is 41.3. The number of nitrogens with zero attached hydrogens (tertiary/aromatic N) is 1. The molecule has 1 saturated carbocycles. The summed E-state index contributed by atoms with van der Waals surface area (Å²) in [5.41, 5.74) is 3.38. The number of hydrogen-bond donors (Lipinski definition) is 1. The van der Waals surface area contributed by atoms with Crippen LogP contribution in [-0.2, 0) is 14.3 Å². The molecule has 1 saturated heterocycles. The Balaban J connectivity index is 1.34. The fraction of sp³-hybridized carbons (Fsp3) is 0.424. The molecule has 2 fully saturated rings. The van der Waals surface area contributed by atoms with Gasteiger partial charge in [-0.1, -0.05) is 66.9 Å². The number of hydrogen-bond acceptors (Lipinski definition) is 4. The third-order valence-electron chi connectivity index (χ3n) is 8.79. The minimum atomic E-state index is -0.364. The molecule has 1 heterocycles. The molecular formula is C33H38N2O4. The highest BCUT2D eigenvalue weighted by Crippen LogP contribution is 2.46. The van der Waals surface area contributed by atoms with Gasteiger partial charge in [-0.25, -0.2) is 0 Å². The number of aryl methyl sites for hydroxylation is 1. The first-order valence-corrected chi connectivity index (χ1v) is 14.1. The zero-order valence-electron chi connectivity index (χ0n) is 23.0. The van der Waals surface area contributed by atoms with Gasteiger partial charge in [-0.05, 0) is 66.5 Å². The van der Waals surface area contributed by atoms with Crippen molar-refractivity contribution in [3.8, 4) is 0 Å². The fourth-order valence-corrected chi connectivity index (χ4v) is 6.53. The smallest absolute Gasteiger partial charge is 0.306 e. The maximum Gasteiger partial charge on any atom is 0.306 e. The summed E-state index contributed by atoms with van der Waals surface area (Å²) in [5.74, 6) is -0.991. The molecule has 0 radical (unpaired) electrons. The average molecular weight is 527 g/mol. The van der Waals surface area contributed by atoms with E-state index in [1.54, 1.807) is 0 Å². The molecule has 1 unspecified atom stereocenters. The van der Waals surface area contributed by atoms with Crippen LogP contribution < -0.4 is 5.32 Å². The highest BCUT2D eigenvalue weighted by Gasteiger charge is 2.38. The van der Waals surface area contributed by atoms with E-state index in [2.05, 4.69) is 5.32 Å². The Morgan fingerprint density at radius 3 is 2.38 bits per heavy atom. The molecule has 6 heteroatoms. The summed E-state index contributed by atoms with van der Waals surface area (Å²) in [6, 6.07) is 19.5. The monoisotopic (exact) mass is 526 g/mol. The van der Waals surface area contributed by atoms with Crippen molar-refractivity contribution in [2.45, 2.75) is 64.2 Å². The van der Waals surface area contributed by atoms with E-state index in [9.17, 15) is 14.4 Å². The quantitative estimate of drug-likeness (QED) is 0.351. The number of carbonyl (C=O) groups is 3. The summed E-state index contributed by atoms with van der Waals surface area (Å²) < 4.78 is 4.96. The first-order valence-electron chi connectivity index (χ1n) is 14.1. The van der Waals surface area contributed by atoms with Gasteiger partial charge in [-0.3, -0.25) is 14.4 Å². The topological polar surface area (TPSA) is 75.7 Å². The molecule has 39 heavy (non-hydrogen) atoms. The molecule has 2 aliphatic rings. The molecular weight excluding hydrogens is 488 g/mol. The number of fused-ring (bicyclic) bond motifs is 1. The molecule has 3 aromatic rings. The minimum absolute atomic E-state index is 0.0259. The zero-order valence-corrected chi connectivity index (χ0v) is 23.0. The first-order chi connectivity index (χ1) is 18.9. The summed E-state index contributed by atoms with van der Waals surface area (Å²) in [5, 5.41) is 5.07. The largest absolute Gasteiger partial charge is 0.469 e. The highest BCUT2D eigenvalue weighted by molar-refractivity contribution is 6.04. The van der Waals surface area contributed by atoms with Crippen molar-refractivity contribution in [3.05, 3.63) is 77.4 Å². The second-order valence-electron chi connectivity index (χ2n) is 11.3. The summed E-state index contributed by atoms with van der Waals surface area (Å²) >= 11 is 0. The van der Waals surface area contributed by atoms with E-state index in [-0.39, 0.29) is 36.5 Å². The third-order valence-corrected chi connectivity index (χ3v) is 8.79. The van der Waals surface area contributed by atoms with E-state index in [0.29, 0.717) is 16.7 Å². The van der Waals surface area contributed by atoms with Crippen molar-refractivity contribution in [2.24, 2.45) is 5.41 Å². The van der Waals surface area contributed by atoms with Gasteiger partial charge in [0.2, 0.25) is 5.91 Å². The Morgan fingerprint density at radius 2 is 1.64 bits per heavy atom. The van der Waals surface area contributed by atoms with Crippen molar-refractivity contribution >= 4 is 34.2 Å². The van der Waals surface area contributed by atoms with E-state index in [4.69, 9.17) is 4.74 Å². The van der Waals surface area contributed by atoms with Crippen molar-refractivity contribution in [1.82, 2.24) is 4.90 Å². The lowest BCUT2D eigenvalue weighted by molar-refractivity contribution is -0.141. The van der Waals surface area contributed by atoms with Crippen LogP contribution in [0.15, 0.2) is 60.7 Å². The van der Waals surface area contributed by atoms with E-state index >= 15 is 0 Å². The molecule has 5 rings (SSSR count). The molecule has 3 aromatic carbocycles. The Hall–Kier alpha value is -3.67. The van der Waals surface area contributed by atoms with Crippen molar-refractivity contribution in [2.75, 3.05) is 25.5 Å². The second kappa shape index (κ2) is 11.6. The number of piperidine rings is 1. The van der Waals surface area contributed by atoms with Crippen molar-refractivity contribution < 1.29 is 19.1 Å². The van der Waals surface area contributed by atoms with Crippen molar-refractivity contribution in [3.63, 3.8) is 0 Å². The van der Waals surface area contributed by atoms with Gasteiger partial charge in [-0.15, -0.1) is 0 Å². The predicted molar refractivity (Wildman–Crippen MR) is 154 cm³/mol. The molecule has 0 bridgehead atoms. The maximum atomic E-state index is 13.6. The molecule has 1 N–H and O–H groups in total. The van der Waals surface area contributed by atoms with Gasteiger partial charge >= 0.3 is 5.97 Å². The zero-order chi connectivity index (χ0) is 27.4. The van der Waals surface area contributed by atoms with E-state index in [1.165, 1.54) is 32.8 Å². The molecule has 1 aliphatic carbocycles. The lowest BCUT2D eigenvalue weighted by atomic mass is 9.77. The van der Waals surface area contributed by atoms with Gasteiger partial charge in [0.15, 0.2) is 0 Å². The standard InChI is InChI=1S/C33H38N2O4/c1-23-12-13-29(28(20-23)32(38)35-18-16-33(17-19-35)14-5-6-15-33)34-30(36)21-25(22-31(37)39-2)27-11-7-9-24-8-3-4-10-26(24)27/h3-4,7-13,20,25H,5-6,14-19,21-22H2,1-2H3,(H,34,36). The molecule has 204 valence electrons. The van der Waals surface area contributed by atoms with Gasteiger partial charge in [-0.2, -0.15) is 0 Å². The summed E-state index contributed by atoms with van der Waals surface area (Å²) in [6.07, 6.45) is 7.48. The lowest BCUT2D eigenvalue weighted by Crippen LogP contribution is -2.42.